The Bertz CT molecular complexity index is 86.9. The molecule has 0 bridgehead atoms. The fourth-order valence-corrected chi connectivity index (χ4v) is 1.50. The Morgan fingerprint density at radius 2 is 2.00 bits per heavy atom. The molecule has 54 valence electrons. The van der Waals surface area contributed by atoms with Crippen molar-refractivity contribution >= 4 is 11.6 Å². The van der Waals surface area contributed by atoms with Gasteiger partial charge in [-0.15, -0.1) is 11.6 Å². The van der Waals surface area contributed by atoms with Crippen molar-refractivity contribution in [3.63, 3.8) is 0 Å². The molecule has 0 aliphatic heterocycles. The van der Waals surface area contributed by atoms with Gasteiger partial charge in [0.15, 0.2) is 0 Å². The third-order valence-corrected chi connectivity index (χ3v) is 2.60. The van der Waals surface area contributed by atoms with Crippen LogP contribution in [-0.2, 0) is 0 Å². The summed E-state index contributed by atoms with van der Waals surface area (Å²) in [6, 6.07) is 0.814. The molecule has 0 N–H and O–H groups in total. The van der Waals surface area contributed by atoms with E-state index in [4.69, 9.17) is 11.6 Å². The smallest absolute Gasteiger partial charge is 0.0252 e. The second kappa shape index (κ2) is 2.89. The second-order valence-corrected chi connectivity index (χ2v) is 3.42. The molecule has 0 radical (unpaired) electrons. The van der Waals surface area contributed by atoms with Gasteiger partial charge >= 0.3 is 0 Å². The highest BCUT2D eigenvalue weighted by Gasteiger charge is 2.29. The van der Waals surface area contributed by atoms with E-state index in [2.05, 4.69) is 19.0 Å². The average molecular weight is 148 g/mol. The molecule has 0 saturated heterocycles. The highest BCUT2D eigenvalue weighted by Crippen LogP contribution is 2.30. The minimum Gasteiger partial charge on any atom is -0.306 e. The SMILES string of the molecule is CN(C)C1CC(CCl)C1. The largest absolute Gasteiger partial charge is 0.306 e. The zero-order chi connectivity index (χ0) is 6.85. The van der Waals surface area contributed by atoms with Crippen molar-refractivity contribution in [3.8, 4) is 0 Å². The Kier molecular flexibility index (Phi) is 2.36. The molecule has 1 fully saturated rings. The summed E-state index contributed by atoms with van der Waals surface area (Å²) in [6.45, 7) is 0. The number of alkyl halides is 1. The van der Waals surface area contributed by atoms with Gasteiger partial charge in [-0.1, -0.05) is 0 Å². The molecule has 0 aromatic rings. The van der Waals surface area contributed by atoms with E-state index < -0.39 is 0 Å². The molecule has 0 spiro atoms. The van der Waals surface area contributed by atoms with E-state index in [1.54, 1.807) is 0 Å². The molecule has 0 unspecified atom stereocenters. The van der Waals surface area contributed by atoms with E-state index in [0.29, 0.717) is 0 Å². The van der Waals surface area contributed by atoms with Gasteiger partial charge in [-0.3, -0.25) is 0 Å². The summed E-state index contributed by atoms with van der Waals surface area (Å²) in [7, 11) is 4.27. The second-order valence-electron chi connectivity index (χ2n) is 3.11. The molecule has 0 aromatic carbocycles. The number of rotatable bonds is 2. The molecule has 0 heterocycles. The maximum absolute atomic E-state index is 5.65. The van der Waals surface area contributed by atoms with Gasteiger partial charge in [0.25, 0.3) is 0 Å². The molecule has 1 aliphatic carbocycles. The third-order valence-electron chi connectivity index (χ3n) is 2.16. The summed E-state index contributed by atoms with van der Waals surface area (Å²) in [5, 5.41) is 0. The zero-order valence-electron chi connectivity index (χ0n) is 6.10. The van der Waals surface area contributed by atoms with Gasteiger partial charge < -0.3 is 4.90 Å². The third kappa shape index (κ3) is 1.59. The van der Waals surface area contributed by atoms with Crippen molar-refractivity contribution in [2.45, 2.75) is 18.9 Å². The van der Waals surface area contributed by atoms with E-state index in [0.717, 1.165) is 17.8 Å². The first-order valence-corrected chi connectivity index (χ1v) is 4.00. The van der Waals surface area contributed by atoms with Crippen LogP contribution in [0.3, 0.4) is 0 Å². The first-order chi connectivity index (χ1) is 4.24. The van der Waals surface area contributed by atoms with Crippen molar-refractivity contribution < 1.29 is 0 Å². The summed E-state index contributed by atoms with van der Waals surface area (Å²) < 4.78 is 0. The fourth-order valence-electron chi connectivity index (χ4n) is 1.25. The predicted octanol–water partition coefficient (Wildman–Crippen LogP) is 1.57. The first-order valence-electron chi connectivity index (χ1n) is 3.46. The van der Waals surface area contributed by atoms with Gasteiger partial charge in [-0.2, -0.15) is 0 Å². The fraction of sp³-hybridized carbons (Fsp3) is 1.00. The molecule has 1 nitrogen and oxygen atoms in total. The van der Waals surface area contributed by atoms with Crippen LogP contribution in [0.5, 0.6) is 0 Å². The van der Waals surface area contributed by atoms with Gasteiger partial charge in [-0.05, 0) is 32.9 Å². The molecule has 1 saturated carbocycles. The average Bonchev–Trinajstić information content (AvgIpc) is 1.61. The highest BCUT2D eigenvalue weighted by molar-refractivity contribution is 6.18. The van der Waals surface area contributed by atoms with Crippen LogP contribution < -0.4 is 0 Å². The van der Waals surface area contributed by atoms with Crippen LogP contribution in [0.25, 0.3) is 0 Å². The lowest BCUT2D eigenvalue weighted by Crippen LogP contribution is -2.40. The van der Waals surface area contributed by atoms with Gasteiger partial charge in [0, 0.05) is 11.9 Å². The van der Waals surface area contributed by atoms with Crippen molar-refractivity contribution in [2.75, 3.05) is 20.0 Å². The predicted molar refractivity (Wildman–Crippen MR) is 40.9 cm³/mol. The lowest BCUT2D eigenvalue weighted by atomic mass is 9.81. The number of nitrogens with zero attached hydrogens (tertiary/aromatic N) is 1. The maximum Gasteiger partial charge on any atom is 0.0252 e. The Labute approximate surface area is 62.0 Å². The number of halogens is 1. The quantitative estimate of drug-likeness (QED) is 0.536. The van der Waals surface area contributed by atoms with Gasteiger partial charge in [-0.25, -0.2) is 0 Å². The van der Waals surface area contributed by atoms with Gasteiger partial charge in [0.1, 0.15) is 0 Å². The van der Waals surface area contributed by atoms with Crippen LogP contribution in [0.1, 0.15) is 12.8 Å². The van der Waals surface area contributed by atoms with Crippen LogP contribution in [0.15, 0.2) is 0 Å². The monoisotopic (exact) mass is 147 g/mol. The Morgan fingerprint density at radius 1 is 1.44 bits per heavy atom. The Hall–Kier alpha value is 0.250. The van der Waals surface area contributed by atoms with Crippen LogP contribution in [-0.4, -0.2) is 30.9 Å². The lowest BCUT2D eigenvalue weighted by Gasteiger charge is -2.38. The van der Waals surface area contributed by atoms with Gasteiger partial charge in [0.05, 0.1) is 0 Å². The number of hydrogen-bond donors (Lipinski definition) is 0. The normalized spacial score (nSPS) is 34.7. The summed E-state index contributed by atoms with van der Waals surface area (Å²) in [5.41, 5.74) is 0. The molecule has 1 aliphatic rings. The molecular formula is C7H14ClN. The van der Waals surface area contributed by atoms with Crippen molar-refractivity contribution in [3.05, 3.63) is 0 Å². The first kappa shape index (κ1) is 7.36. The molecule has 0 atom stereocenters. The van der Waals surface area contributed by atoms with Crippen LogP contribution in [0.2, 0.25) is 0 Å². The van der Waals surface area contributed by atoms with Crippen molar-refractivity contribution in [1.29, 1.82) is 0 Å². The molecule has 2 heteroatoms. The van der Waals surface area contributed by atoms with Crippen molar-refractivity contribution in [1.82, 2.24) is 4.90 Å². The van der Waals surface area contributed by atoms with E-state index in [-0.39, 0.29) is 0 Å². The Morgan fingerprint density at radius 3 is 2.33 bits per heavy atom. The van der Waals surface area contributed by atoms with E-state index in [1.807, 2.05) is 0 Å². The summed E-state index contributed by atoms with van der Waals surface area (Å²) >= 11 is 5.65. The summed E-state index contributed by atoms with van der Waals surface area (Å²) in [6.07, 6.45) is 2.60. The van der Waals surface area contributed by atoms with Crippen molar-refractivity contribution in [2.24, 2.45) is 5.92 Å². The molecular weight excluding hydrogens is 134 g/mol. The summed E-state index contributed by atoms with van der Waals surface area (Å²) in [4.78, 5) is 2.28. The van der Waals surface area contributed by atoms with E-state index >= 15 is 0 Å². The van der Waals surface area contributed by atoms with Crippen LogP contribution >= 0.6 is 11.6 Å². The van der Waals surface area contributed by atoms with Crippen LogP contribution in [0.4, 0.5) is 0 Å². The standard InChI is InChI=1S/C7H14ClN/c1-9(2)7-3-6(4-7)5-8/h6-7H,3-5H2,1-2H3. The van der Waals surface area contributed by atoms with E-state index in [9.17, 15) is 0 Å². The van der Waals surface area contributed by atoms with Crippen LogP contribution in [0, 0.1) is 5.92 Å². The maximum atomic E-state index is 5.65. The Balaban J connectivity index is 2.12. The summed E-state index contributed by atoms with van der Waals surface area (Å²) in [5.74, 6) is 1.66. The molecule has 1 rings (SSSR count). The lowest BCUT2D eigenvalue weighted by molar-refractivity contribution is 0.137. The molecule has 0 aromatic heterocycles. The highest BCUT2D eigenvalue weighted by atomic mass is 35.5. The molecule has 0 amide bonds. The number of hydrogen-bond acceptors (Lipinski definition) is 1. The zero-order valence-corrected chi connectivity index (χ0v) is 6.86. The minimum absolute atomic E-state index is 0.805. The van der Waals surface area contributed by atoms with E-state index in [1.165, 1.54) is 12.8 Å². The molecule has 9 heavy (non-hydrogen) atoms. The topological polar surface area (TPSA) is 3.24 Å². The minimum atomic E-state index is 0.805. The van der Waals surface area contributed by atoms with Gasteiger partial charge in [0.2, 0.25) is 0 Å².